The lowest BCUT2D eigenvalue weighted by Gasteiger charge is -2.66. The van der Waals surface area contributed by atoms with E-state index in [-0.39, 0.29) is 5.41 Å². The van der Waals surface area contributed by atoms with Crippen molar-refractivity contribution in [2.45, 2.75) is 63.2 Å². The van der Waals surface area contributed by atoms with Gasteiger partial charge < -0.3 is 10.2 Å². The van der Waals surface area contributed by atoms with Crippen LogP contribution in [0.15, 0.2) is 48.5 Å². The molecule has 4 saturated carbocycles. The molecule has 0 aliphatic heterocycles. The van der Waals surface area contributed by atoms with Gasteiger partial charge in [-0.2, -0.15) is 0 Å². The Labute approximate surface area is 162 Å². The smallest absolute Gasteiger partial charge is 0.115 e. The van der Waals surface area contributed by atoms with Crippen molar-refractivity contribution in [2.24, 2.45) is 17.3 Å². The van der Waals surface area contributed by atoms with Gasteiger partial charge in [-0.15, -0.1) is 0 Å². The minimum Gasteiger partial charge on any atom is -0.508 e. The van der Waals surface area contributed by atoms with Crippen LogP contribution in [0.1, 0.15) is 68.9 Å². The fourth-order valence-electron chi connectivity index (χ4n) is 7.63. The zero-order valence-electron chi connectivity index (χ0n) is 16.2. The fourth-order valence-corrected chi connectivity index (χ4v) is 7.63. The molecule has 4 aliphatic rings. The van der Waals surface area contributed by atoms with Gasteiger partial charge in [-0.25, -0.2) is 0 Å². The summed E-state index contributed by atoms with van der Waals surface area (Å²) in [6.07, 6.45) is 9.30. The average molecular weight is 363 g/mol. The van der Waals surface area contributed by atoms with Crippen molar-refractivity contribution < 1.29 is 10.2 Å². The first-order valence-electron chi connectivity index (χ1n) is 10.6. The first kappa shape index (κ1) is 17.2. The van der Waals surface area contributed by atoms with E-state index in [1.54, 1.807) is 0 Å². The minimum atomic E-state index is 0.171. The van der Waals surface area contributed by atoms with E-state index in [0.717, 1.165) is 11.8 Å². The summed E-state index contributed by atoms with van der Waals surface area (Å²) in [6.45, 7) is 2.34. The summed E-state index contributed by atoms with van der Waals surface area (Å²) in [4.78, 5) is 0. The lowest BCUT2D eigenvalue weighted by molar-refractivity contribution is -0.0934. The van der Waals surface area contributed by atoms with E-state index in [0.29, 0.717) is 22.8 Å². The van der Waals surface area contributed by atoms with Crippen molar-refractivity contribution in [1.29, 1.82) is 0 Å². The number of hydrogen-bond donors (Lipinski definition) is 2. The summed E-state index contributed by atoms with van der Waals surface area (Å²) in [5, 5.41) is 19.7. The Balaban J connectivity index is 1.66. The van der Waals surface area contributed by atoms with Crippen LogP contribution in [0.2, 0.25) is 0 Å². The van der Waals surface area contributed by atoms with Gasteiger partial charge in [0.2, 0.25) is 0 Å². The van der Waals surface area contributed by atoms with Crippen LogP contribution in [0.3, 0.4) is 0 Å². The third-order valence-corrected chi connectivity index (χ3v) is 7.94. The molecule has 4 aliphatic carbocycles. The highest BCUT2D eigenvalue weighted by atomic mass is 16.3. The van der Waals surface area contributed by atoms with Gasteiger partial charge in [0, 0.05) is 5.41 Å². The molecular weight excluding hydrogens is 332 g/mol. The maximum absolute atomic E-state index is 9.86. The van der Waals surface area contributed by atoms with Gasteiger partial charge in [-0.1, -0.05) is 37.6 Å². The molecule has 0 heterocycles. The molecule has 2 aromatic carbocycles. The standard InChI is InChI=1S/C25H30O2/c1-2-11-24-13-17-12-19(15-24)23(18-3-7-21(26)8-4-18)25(14-17,16-24)20-5-9-22(27)10-6-20/h3-10,17,19,23,26-27H,2,11-16H2,1H3. The molecule has 0 saturated heterocycles. The summed E-state index contributed by atoms with van der Waals surface area (Å²) < 4.78 is 0. The van der Waals surface area contributed by atoms with Crippen molar-refractivity contribution >= 4 is 0 Å². The molecule has 6 rings (SSSR count). The van der Waals surface area contributed by atoms with Gasteiger partial charge in [0.05, 0.1) is 0 Å². The highest BCUT2D eigenvalue weighted by Crippen LogP contribution is 2.71. The summed E-state index contributed by atoms with van der Waals surface area (Å²) in [7, 11) is 0. The minimum absolute atomic E-state index is 0.171. The molecule has 0 spiro atoms. The van der Waals surface area contributed by atoms with E-state index in [1.807, 2.05) is 24.3 Å². The molecule has 27 heavy (non-hydrogen) atoms. The van der Waals surface area contributed by atoms with E-state index in [1.165, 1.54) is 56.1 Å². The van der Waals surface area contributed by atoms with E-state index in [9.17, 15) is 10.2 Å². The molecule has 0 aromatic heterocycles. The number of hydrogen-bond acceptors (Lipinski definition) is 2. The summed E-state index contributed by atoms with van der Waals surface area (Å²) >= 11 is 0. The van der Waals surface area contributed by atoms with Crippen LogP contribution >= 0.6 is 0 Å². The molecular formula is C25H30O2. The molecule has 2 heteroatoms. The number of benzene rings is 2. The number of phenolic OH excluding ortho intramolecular Hbond substituents is 2. The second-order valence-corrected chi connectivity index (χ2v) is 9.67. The van der Waals surface area contributed by atoms with Crippen molar-refractivity contribution in [3.05, 3.63) is 59.7 Å². The lowest BCUT2D eigenvalue weighted by Crippen LogP contribution is -2.58. The zero-order valence-corrected chi connectivity index (χ0v) is 16.2. The molecule has 4 bridgehead atoms. The van der Waals surface area contributed by atoms with Gasteiger partial charge >= 0.3 is 0 Å². The van der Waals surface area contributed by atoms with Crippen LogP contribution in [0.25, 0.3) is 0 Å². The van der Waals surface area contributed by atoms with E-state index in [2.05, 4.69) is 31.2 Å². The van der Waals surface area contributed by atoms with Gasteiger partial charge in [0.15, 0.2) is 0 Å². The van der Waals surface area contributed by atoms with Gasteiger partial charge in [0.1, 0.15) is 11.5 Å². The highest BCUT2D eigenvalue weighted by Gasteiger charge is 2.62. The van der Waals surface area contributed by atoms with Crippen LogP contribution in [0.4, 0.5) is 0 Å². The second kappa shape index (κ2) is 6.02. The number of rotatable bonds is 4. The Kier molecular flexibility index (Phi) is 3.83. The van der Waals surface area contributed by atoms with Crippen molar-refractivity contribution in [3.63, 3.8) is 0 Å². The average Bonchev–Trinajstić information content (AvgIpc) is 2.63. The monoisotopic (exact) mass is 362 g/mol. The van der Waals surface area contributed by atoms with Crippen LogP contribution in [0, 0.1) is 17.3 Å². The van der Waals surface area contributed by atoms with Crippen molar-refractivity contribution in [3.8, 4) is 11.5 Å². The predicted octanol–water partition coefficient (Wildman–Crippen LogP) is 6.13. The zero-order chi connectivity index (χ0) is 18.6. The highest BCUT2D eigenvalue weighted by molar-refractivity contribution is 5.42. The first-order valence-corrected chi connectivity index (χ1v) is 10.6. The summed E-state index contributed by atoms with van der Waals surface area (Å²) in [5.41, 5.74) is 3.47. The Hall–Kier alpha value is -1.96. The molecule has 5 unspecified atom stereocenters. The molecule has 5 atom stereocenters. The molecule has 2 nitrogen and oxygen atoms in total. The number of aromatic hydroxyl groups is 2. The third-order valence-electron chi connectivity index (χ3n) is 7.94. The normalized spacial score (nSPS) is 36.9. The molecule has 142 valence electrons. The number of phenols is 2. The summed E-state index contributed by atoms with van der Waals surface area (Å²) in [5.74, 6) is 2.79. The summed E-state index contributed by atoms with van der Waals surface area (Å²) in [6, 6.07) is 16.1. The molecule has 4 fully saturated rings. The van der Waals surface area contributed by atoms with Crippen molar-refractivity contribution in [2.75, 3.05) is 0 Å². The molecule has 2 N–H and O–H groups in total. The Morgan fingerprint density at radius 3 is 2.22 bits per heavy atom. The van der Waals surface area contributed by atoms with Gasteiger partial charge in [-0.3, -0.25) is 0 Å². The SMILES string of the molecule is CCCC12CC3CC(C1)C(c1ccc(O)cc1)C(c1ccc(O)cc1)(C3)C2. The van der Waals surface area contributed by atoms with Crippen LogP contribution in [0.5, 0.6) is 11.5 Å². The van der Waals surface area contributed by atoms with E-state index in [4.69, 9.17) is 0 Å². The Morgan fingerprint density at radius 2 is 1.56 bits per heavy atom. The maximum Gasteiger partial charge on any atom is 0.115 e. The van der Waals surface area contributed by atoms with E-state index < -0.39 is 0 Å². The lowest BCUT2D eigenvalue weighted by atomic mass is 9.38. The Morgan fingerprint density at radius 1 is 0.889 bits per heavy atom. The second-order valence-electron chi connectivity index (χ2n) is 9.67. The van der Waals surface area contributed by atoms with Crippen LogP contribution in [-0.4, -0.2) is 10.2 Å². The topological polar surface area (TPSA) is 40.5 Å². The molecule has 0 amide bonds. The predicted molar refractivity (Wildman–Crippen MR) is 108 cm³/mol. The molecule has 0 radical (unpaired) electrons. The Bertz CT molecular complexity index is 824. The first-order chi connectivity index (χ1) is 13.0. The fraction of sp³-hybridized carbons (Fsp3) is 0.520. The van der Waals surface area contributed by atoms with Gasteiger partial charge in [-0.05, 0) is 97.1 Å². The third kappa shape index (κ3) is 2.60. The van der Waals surface area contributed by atoms with Crippen LogP contribution in [-0.2, 0) is 5.41 Å². The van der Waals surface area contributed by atoms with Crippen LogP contribution < -0.4 is 0 Å². The molecule has 2 aromatic rings. The largest absolute Gasteiger partial charge is 0.508 e. The van der Waals surface area contributed by atoms with Crippen molar-refractivity contribution in [1.82, 2.24) is 0 Å². The quantitative estimate of drug-likeness (QED) is 0.687. The van der Waals surface area contributed by atoms with Gasteiger partial charge in [0.25, 0.3) is 0 Å². The van der Waals surface area contributed by atoms with E-state index >= 15 is 0 Å². The maximum atomic E-state index is 9.86.